The normalized spacial score (nSPS) is 13.7. The molecule has 0 saturated carbocycles. The summed E-state index contributed by atoms with van der Waals surface area (Å²) >= 11 is 14.0. The Kier molecular flexibility index (Phi) is 11.1. The first-order valence-corrected chi connectivity index (χ1v) is 14.9. The van der Waals surface area contributed by atoms with Gasteiger partial charge in [-0.15, -0.1) is 0 Å². The van der Waals surface area contributed by atoms with Crippen LogP contribution in [0.15, 0.2) is 24.3 Å². The lowest BCUT2D eigenvalue weighted by molar-refractivity contribution is 0.214. The molecular weight excluding hydrogens is 670 g/mol. The van der Waals surface area contributed by atoms with E-state index in [1.54, 1.807) is 52.0 Å². The van der Waals surface area contributed by atoms with Crippen LogP contribution < -0.4 is 0 Å². The summed E-state index contributed by atoms with van der Waals surface area (Å²) in [6.07, 6.45) is 0. The number of hydrogen-bond acceptors (Lipinski definition) is 6. The van der Waals surface area contributed by atoms with Crippen molar-refractivity contribution in [2.45, 2.75) is 33.6 Å². The van der Waals surface area contributed by atoms with E-state index in [4.69, 9.17) is 18.1 Å². The van der Waals surface area contributed by atoms with Crippen LogP contribution in [0, 0.1) is 0 Å². The third-order valence-electron chi connectivity index (χ3n) is 3.46. The van der Waals surface area contributed by atoms with Crippen molar-refractivity contribution in [1.82, 2.24) is 0 Å². The van der Waals surface area contributed by atoms with Crippen LogP contribution in [0.2, 0.25) is 0 Å². The van der Waals surface area contributed by atoms with Gasteiger partial charge >= 0.3 is 15.2 Å². The summed E-state index contributed by atoms with van der Waals surface area (Å²) in [7, 11) is -7.41. The van der Waals surface area contributed by atoms with Gasteiger partial charge in [0.1, 0.15) is 0 Å². The molecule has 0 spiro atoms. The molecule has 1 rings (SSSR count). The van der Waals surface area contributed by atoms with E-state index < -0.39 is 21.1 Å². The van der Waals surface area contributed by atoms with Crippen molar-refractivity contribution in [3.8, 4) is 0 Å². The summed E-state index contributed by atoms with van der Waals surface area (Å²) < 4.78 is 46.3. The van der Waals surface area contributed by atoms with Crippen molar-refractivity contribution in [2.75, 3.05) is 26.4 Å². The van der Waals surface area contributed by atoms with Gasteiger partial charge in [0.15, 0.2) is 0 Å². The Morgan fingerprint density at radius 2 is 0.929 bits per heavy atom. The Labute approximate surface area is 200 Å². The van der Waals surface area contributed by atoms with Crippen LogP contribution in [0.4, 0.5) is 0 Å². The lowest BCUT2D eigenvalue weighted by atomic mass is 10.1. The molecule has 0 unspecified atom stereocenters. The van der Waals surface area contributed by atoms with Crippen molar-refractivity contribution in [3.63, 3.8) is 0 Å². The average molecular weight is 694 g/mol. The molecule has 1 aromatic rings. The van der Waals surface area contributed by atoms with Gasteiger partial charge in [0.2, 0.25) is 5.95 Å². The van der Waals surface area contributed by atoms with Gasteiger partial charge in [-0.05, 0) is 38.8 Å². The quantitative estimate of drug-likeness (QED) is 0.163. The van der Waals surface area contributed by atoms with E-state index in [0.29, 0.717) is 11.1 Å². The number of halogens is 4. The zero-order chi connectivity index (χ0) is 21.6. The summed E-state index contributed by atoms with van der Waals surface area (Å²) in [4.78, 5) is 0. The molecule has 0 aliphatic carbocycles. The maximum atomic E-state index is 13.5. The van der Waals surface area contributed by atoms with E-state index in [2.05, 4.69) is 63.7 Å². The van der Waals surface area contributed by atoms with Crippen LogP contribution in [0.3, 0.4) is 0 Å². The first-order chi connectivity index (χ1) is 13.0. The molecule has 0 bridgehead atoms. The van der Waals surface area contributed by atoms with Gasteiger partial charge in [-0.3, -0.25) is 9.13 Å². The molecule has 12 heteroatoms. The SMILES string of the molecule is CCOP(=O)(OCC)C(Br)(Br)c1ccccc1C(Br)(Br)P(=O)(OCC)OCC. The summed E-state index contributed by atoms with van der Waals surface area (Å²) in [5.41, 5.74) is 0.960. The van der Waals surface area contributed by atoms with Gasteiger partial charge in [-0.2, -0.15) is 0 Å². The highest BCUT2D eigenvalue weighted by molar-refractivity contribution is 9.27. The van der Waals surface area contributed by atoms with E-state index in [-0.39, 0.29) is 26.4 Å². The minimum atomic E-state index is -3.70. The molecule has 0 fully saturated rings. The molecule has 162 valence electrons. The Morgan fingerprint density at radius 3 is 1.14 bits per heavy atom. The van der Waals surface area contributed by atoms with Gasteiger partial charge in [0.05, 0.1) is 26.4 Å². The summed E-state index contributed by atoms with van der Waals surface area (Å²) in [6, 6.07) is 6.98. The molecule has 0 amide bonds. The van der Waals surface area contributed by atoms with Gasteiger partial charge in [-0.25, -0.2) is 0 Å². The number of hydrogen-bond donors (Lipinski definition) is 0. The van der Waals surface area contributed by atoms with Gasteiger partial charge in [0, 0.05) is 0 Å². The zero-order valence-electron chi connectivity index (χ0n) is 16.0. The molecule has 28 heavy (non-hydrogen) atoms. The topological polar surface area (TPSA) is 71.1 Å². The standard InChI is InChI=1S/C16H24Br4O6P2/c1-5-23-27(21,24-6-2)15(17,18)13-11-9-10-12-14(13)16(19,20)28(22,25-7-3)26-8-4/h9-12H,5-8H2,1-4H3. The molecule has 0 aliphatic heterocycles. The summed E-state index contributed by atoms with van der Waals surface area (Å²) in [5, 5.41) is 0. The average Bonchev–Trinajstić information content (AvgIpc) is 2.62. The van der Waals surface area contributed by atoms with Crippen LogP contribution in [0.1, 0.15) is 38.8 Å². The van der Waals surface area contributed by atoms with Crippen LogP contribution in [0.5, 0.6) is 0 Å². The van der Waals surface area contributed by atoms with Gasteiger partial charge < -0.3 is 18.1 Å². The van der Waals surface area contributed by atoms with E-state index >= 15 is 0 Å². The minimum absolute atomic E-state index is 0.183. The second-order valence-corrected chi connectivity index (χ2v) is 19.0. The van der Waals surface area contributed by atoms with Crippen molar-refractivity contribution in [2.24, 2.45) is 0 Å². The van der Waals surface area contributed by atoms with Crippen LogP contribution in [0.25, 0.3) is 0 Å². The largest absolute Gasteiger partial charge is 0.362 e. The highest BCUT2D eigenvalue weighted by Crippen LogP contribution is 2.76. The van der Waals surface area contributed by atoms with Gasteiger partial charge in [-0.1, -0.05) is 88.0 Å². The number of rotatable bonds is 12. The van der Waals surface area contributed by atoms with Crippen molar-refractivity contribution in [1.29, 1.82) is 0 Å². The first-order valence-electron chi connectivity index (χ1n) is 8.61. The molecular formula is C16H24Br4O6P2. The van der Waals surface area contributed by atoms with Crippen LogP contribution in [-0.4, -0.2) is 26.4 Å². The van der Waals surface area contributed by atoms with Crippen molar-refractivity contribution in [3.05, 3.63) is 35.4 Å². The number of benzene rings is 1. The predicted octanol–water partition coefficient (Wildman–Crippen LogP) is 8.02. The summed E-state index contributed by atoms with van der Waals surface area (Å²) in [6.45, 7) is 7.64. The highest BCUT2D eigenvalue weighted by atomic mass is 79.9. The Bertz CT molecular complexity index is 663. The van der Waals surface area contributed by atoms with E-state index in [9.17, 15) is 9.13 Å². The van der Waals surface area contributed by atoms with Crippen LogP contribution >= 0.6 is 78.9 Å². The number of alkyl halides is 4. The molecule has 0 radical (unpaired) electrons. The van der Waals surface area contributed by atoms with Crippen LogP contribution in [-0.2, 0) is 33.2 Å². The molecule has 0 saturated heterocycles. The monoisotopic (exact) mass is 690 g/mol. The smallest absolute Gasteiger partial charge is 0.307 e. The molecule has 1 aromatic carbocycles. The first kappa shape index (κ1) is 27.5. The molecule has 0 aliphatic rings. The lowest BCUT2D eigenvalue weighted by Crippen LogP contribution is -2.22. The third kappa shape index (κ3) is 5.62. The molecule has 0 aromatic heterocycles. The van der Waals surface area contributed by atoms with E-state index in [1.807, 2.05) is 0 Å². The Morgan fingerprint density at radius 1 is 0.679 bits per heavy atom. The maximum Gasteiger partial charge on any atom is 0.362 e. The molecule has 0 atom stereocenters. The fourth-order valence-electron chi connectivity index (χ4n) is 2.38. The second-order valence-electron chi connectivity index (χ2n) is 5.29. The van der Waals surface area contributed by atoms with E-state index in [1.165, 1.54) is 0 Å². The van der Waals surface area contributed by atoms with Crippen molar-refractivity contribution < 1.29 is 27.2 Å². The van der Waals surface area contributed by atoms with Gasteiger partial charge in [0.25, 0.3) is 0 Å². The Balaban J connectivity index is 3.67. The Hall–Kier alpha value is 1.44. The maximum absolute atomic E-state index is 13.5. The summed E-state index contributed by atoms with van der Waals surface area (Å²) in [5.74, 6) is 0. The minimum Gasteiger partial charge on any atom is -0.307 e. The zero-order valence-corrected chi connectivity index (χ0v) is 24.1. The van der Waals surface area contributed by atoms with Crippen molar-refractivity contribution >= 4 is 78.9 Å². The fraction of sp³-hybridized carbons (Fsp3) is 0.625. The lowest BCUT2D eigenvalue weighted by Gasteiger charge is -2.35. The molecule has 6 nitrogen and oxygen atoms in total. The molecule has 0 heterocycles. The predicted molar refractivity (Wildman–Crippen MR) is 127 cm³/mol. The molecule has 0 N–H and O–H groups in total. The third-order valence-corrected chi connectivity index (χ3v) is 14.6. The fourth-order valence-corrected chi connectivity index (χ4v) is 9.36. The highest BCUT2D eigenvalue weighted by Gasteiger charge is 2.56. The van der Waals surface area contributed by atoms with E-state index in [0.717, 1.165) is 0 Å². The second kappa shape index (κ2) is 11.3.